The molecule has 1 aliphatic carbocycles. The van der Waals surface area contributed by atoms with Gasteiger partial charge in [-0.2, -0.15) is 0 Å². The molecule has 3 aromatic rings. The normalized spacial score (nSPS) is 17.3. The lowest BCUT2D eigenvalue weighted by Gasteiger charge is -2.28. The molecular weight excluding hydrogens is 356 g/mol. The van der Waals surface area contributed by atoms with Gasteiger partial charge in [-0.1, -0.05) is 12.1 Å². The van der Waals surface area contributed by atoms with Crippen LogP contribution in [-0.2, 0) is 6.42 Å². The third-order valence-corrected chi connectivity index (χ3v) is 5.49. The Hall–Kier alpha value is -2.83. The number of aromatic amines is 1. The van der Waals surface area contributed by atoms with Gasteiger partial charge in [-0.25, -0.2) is 0 Å². The van der Waals surface area contributed by atoms with E-state index in [2.05, 4.69) is 22.4 Å². The van der Waals surface area contributed by atoms with E-state index in [9.17, 15) is 15.0 Å². The van der Waals surface area contributed by atoms with Gasteiger partial charge in [-0.3, -0.25) is 4.79 Å². The third-order valence-electron chi connectivity index (χ3n) is 5.49. The molecule has 1 heterocycles. The second-order valence-electron chi connectivity index (χ2n) is 7.22. The SMILES string of the molecule is COc1ccc2c(c1)CCCC2NC[C@H](O)c1ccc(O)c2[nH]c(=O)ccc12. The molecule has 1 aliphatic rings. The number of rotatable bonds is 5. The van der Waals surface area contributed by atoms with Gasteiger partial charge in [0.1, 0.15) is 11.5 Å². The van der Waals surface area contributed by atoms with Crippen molar-refractivity contribution in [3.8, 4) is 11.5 Å². The van der Waals surface area contributed by atoms with Crippen molar-refractivity contribution in [2.45, 2.75) is 31.4 Å². The number of benzene rings is 2. The van der Waals surface area contributed by atoms with Crippen LogP contribution < -0.4 is 15.6 Å². The molecule has 0 saturated carbocycles. The summed E-state index contributed by atoms with van der Waals surface area (Å²) in [6.07, 6.45) is 2.36. The number of phenolic OH excluding ortho intramolecular Hbond substituents is 1. The minimum Gasteiger partial charge on any atom is -0.506 e. The van der Waals surface area contributed by atoms with Gasteiger partial charge in [0.05, 0.1) is 18.7 Å². The fourth-order valence-electron chi connectivity index (χ4n) is 4.04. The van der Waals surface area contributed by atoms with E-state index >= 15 is 0 Å². The molecule has 0 radical (unpaired) electrons. The van der Waals surface area contributed by atoms with E-state index in [4.69, 9.17) is 4.74 Å². The molecule has 0 bridgehead atoms. The molecule has 1 aromatic heterocycles. The first-order valence-corrected chi connectivity index (χ1v) is 9.50. The molecule has 0 aliphatic heterocycles. The monoisotopic (exact) mass is 380 g/mol. The first-order valence-electron chi connectivity index (χ1n) is 9.50. The van der Waals surface area contributed by atoms with E-state index in [1.54, 1.807) is 19.2 Å². The van der Waals surface area contributed by atoms with E-state index in [1.807, 2.05) is 6.07 Å². The second kappa shape index (κ2) is 7.66. The van der Waals surface area contributed by atoms with Gasteiger partial charge in [-0.15, -0.1) is 0 Å². The maximum atomic E-state index is 11.6. The van der Waals surface area contributed by atoms with Crippen LogP contribution in [0.5, 0.6) is 11.5 Å². The summed E-state index contributed by atoms with van der Waals surface area (Å²) in [4.78, 5) is 14.2. The highest BCUT2D eigenvalue weighted by molar-refractivity contribution is 5.87. The van der Waals surface area contributed by atoms with E-state index in [1.165, 1.54) is 23.3 Å². The Balaban J connectivity index is 1.55. The lowest BCUT2D eigenvalue weighted by Crippen LogP contribution is -2.29. The molecule has 1 unspecified atom stereocenters. The Labute approximate surface area is 162 Å². The molecule has 0 amide bonds. The molecule has 0 fully saturated rings. The summed E-state index contributed by atoms with van der Waals surface area (Å²) in [6, 6.07) is 12.6. The van der Waals surface area contributed by atoms with Crippen LogP contribution in [0.15, 0.2) is 47.3 Å². The highest BCUT2D eigenvalue weighted by Crippen LogP contribution is 2.33. The maximum absolute atomic E-state index is 11.6. The maximum Gasteiger partial charge on any atom is 0.248 e. The zero-order valence-electron chi connectivity index (χ0n) is 15.7. The number of aromatic hydroxyl groups is 1. The lowest BCUT2D eigenvalue weighted by molar-refractivity contribution is 0.169. The number of H-pyrrole nitrogens is 1. The Kier molecular flexibility index (Phi) is 5.07. The molecule has 4 N–H and O–H groups in total. The summed E-state index contributed by atoms with van der Waals surface area (Å²) < 4.78 is 5.32. The van der Waals surface area contributed by atoms with Crippen LogP contribution in [0.3, 0.4) is 0 Å². The number of methoxy groups -OCH3 is 1. The molecule has 146 valence electrons. The smallest absolute Gasteiger partial charge is 0.248 e. The van der Waals surface area contributed by atoms with Crippen LogP contribution >= 0.6 is 0 Å². The van der Waals surface area contributed by atoms with E-state index < -0.39 is 6.10 Å². The van der Waals surface area contributed by atoms with Crippen molar-refractivity contribution in [1.82, 2.24) is 10.3 Å². The number of ether oxygens (including phenoxy) is 1. The number of aromatic nitrogens is 1. The standard InChI is InChI=1S/C22H24N2O4/c1-28-14-5-6-15-13(11-14)3-2-4-18(15)23-12-20(26)16-7-9-19(25)22-17(16)8-10-21(27)24-22/h5-11,18,20,23,25-26H,2-4,12H2,1H3,(H,24,27)/t18?,20-/m0/s1. The molecule has 0 spiro atoms. The Morgan fingerprint density at radius 1 is 1.25 bits per heavy atom. The van der Waals surface area contributed by atoms with E-state index in [-0.39, 0.29) is 17.4 Å². The minimum absolute atomic E-state index is 0.00763. The number of hydrogen-bond donors (Lipinski definition) is 4. The average molecular weight is 380 g/mol. The van der Waals surface area contributed by atoms with Crippen LogP contribution in [0.4, 0.5) is 0 Å². The van der Waals surface area contributed by atoms with Crippen LogP contribution in [0.25, 0.3) is 10.9 Å². The van der Waals surface area contributed by atoms with Gasteiger partial charge in [0.2, 0.25) is 5.56 Å². The first kappa shape index (κ1) is 18.5. The number of aliphatic hydroxyl groups excluding tert-OH is 1. The predicted molar refractivity (Wildman–Crippen MR) is 108 cm³/mol. The largest absolute Gasteiger partial charge is 0.506 e. The summed E-state index contributed by atoms with van der Waals surface area (Å²) >= 11 is 0. The first-order chi connectivity index (χ1) is 13.6. The molecule has 6 nitrogen and oxygen atoms in total. The highest BCUT2D eigenvalue weighted by Gasteiger charge is 2.22. The number of aliphatic hydroxyl groups is 1. The fourth-order valence-corrected chi connectivity index (χ4v) is 4.04. The second-order valence-corrected chi connectivity index (χ2v) is 7.22. The Bertz CT molecular complexity index is 1060. The fraction of sp³-hybridized carbons (Fsp3) is 0.318. The van der Waals surface area contributed by atoms with E-state index in [0.29, 0.717) is 23.0 Å². The van der Waals surface area contributed by atoms with Crippen molar-refractivity contribution in [1.29, 1.82) is 0 Å². The van der Waals surface area contributed by atoms with Gasteiger partial charge in [0, 0.05) is 24.0 Å². The summed E-state index contributed by atoms with van der Waals surface area (Å²) in [7, 11) is 1.67. The number of aryl methyl sites for hydroxylation is 1. The number of fused-ring (bicyclic) bond motifs is 2. The average Bonchev–Trinajstić information content (AvgIpc) is 2.72. The molecule has 2 aromatic carbocycles. The van der Waals surface area contributed by atoms with Gasteiger partial charge >= 0.3 is 0 Å². The van der Waals surface area contributed by atoms with Crippen LogP contribution in [0, 0.1) is 0 Å². The van der Waals surface area contributed by atoms with Crippen molar-refractivity contribution >= 4 is 10.9 Å². The predicted octanol–water partition coefficient (Wildman–Crippen LogP) is 2.94. The van der Waals surface area contributed by atoms with Gasteiger partial charge in [-0.05, 0) is 60.2 Å². The van der Waals surface area contributed by atoms with Crippen molar-refractivity contribution < 1.29 is 14.9 Å². The van der Waals surface area contributed by atoms with Gasteiger partial charge < -0.3 is 25.3 Å². The summed E-state index contributed by atoms with van der Waals surface area (Å²) in [5.74, 6) is 0.857. The lowest BCUT2D eigenvalue weighted by atomic mass is 9.87. The number of pyridine rings is 1. The third kappa shape index (κ3) is 3.48. The van der Waals surface area contributed by atoms with Crippen molar-refractivity contribution in [2.75, 3.05) is 13.7 Å². The highest BCUT2D eigenvalue weighted by atomic mass is 16.5. The van der Waals surface area contributed by atoms with Crippen molar-refractivity contribution in [3.05, 3.63) is 69.5 Å². The molecular formula is C22H24N2O4. The minimum atomic E-state index is -0.766. The van der Waals surface area contributed by atoms with Crippen LogP contribution in [0.1, 0.15) is 41.7 Å². The molecule has 2 atom stereocenters. The van der Waals surface area contributed by atoms with Gasteiger partial charge in [0.25, 0.3) is 0 Å². The molecule has 0 saturated heterocycles. The molecule has 4 rings (SSSR count). The molecule has 28 heavy (non-hydrogen) atoms. The van der Waals surface area contributed by atoms with Gasteiger partial charge in [0.15, 0.2) is 0 Å². The topological polar surface area (TPSA) is 94.6 Å². The van der Waals surface area contributed by atoms with Crippen LogP contribution in [-0.4, -0.2) is 28.9 Å². The van der Waals surface area contributed by atoms with Crippen LogP contribution in [0.2, 0.25) is 0 Å². The summed E-state index contributed by atoms with van der Waals surface area (Å²) in [5.41, 5.74) is 3.26. The molecule has 6 heteroatoms. The quantitative estimate of drug-likeness (QED) is 0.546. The summed E-state index contributed by atoms with van der Waals surface area (Å²) in [5, 5.41) is 24.9. The Morgan fingerprint density at radius 3 is 2.93 bits per heavy atom. The number of nitrogens with one attached hydrogen (secondary N) is 2. The van der Waals surface area contributed by atoms with Crippen molar-refractivity contribution in [3.63, 3.8) is 0 Å². The summed E-state index contributed by atoms with van der Waals surface area (Å²) in [6.45, 7) is 0.370. The zero-order chi connectivity index (χ0) is 19.7. The Morgan fingerprint density at radius 2 is 2.11 bits per heavy atom. The number of phenols is 1. The zero-order valence-corrected chi connectivity index (χ0v) is 15.7. The van der Waals surface area contributed by atoms with E-state index in [0.717, 1.165) is 25.0 Å². The number of hydrogen-bond acceptors (Lipinski definition) is 5. The van der Waals surface area contributed by atoms with Crippen molar-refractivity contribution in [2.24, 2.45) is 0 Å².